The summed E-state index contributed by atoms with van der Waals surface area (Å²) in [6.45, 7) is 3.96. The van der Waals surface area contributed by atoms with Gasteiger partial charge in [-0.2, -0.15) is 0 Å². The molecule has 0 saturated heterocycles. The van der Waals surface area contributed by atoms with Crippen molar-refractivity contribution in [3.05, 3.63) is 92.6 Å². The van der Waals surface area contributed by atoms with E-state index in [9.17, 15) is 9.59 Å². The molecule has 7 rings (SSSR count). The largest absolute Gasteiger partial charge is 0.490 e. The molecule has 0 atom stereocenters. The summed E-state index contributed by atoms with van der Waals surface area (Å²) in [4.78, 5) is 28.0. The minimum Gasteiger partial charge on any atom is -0.490 e. The molecule has 9 heteroatoms. The number of para-hydroxylation sites is 1. The summed E-state index contributed by atoms with van der Waals surface area (Å²) in [6.07, 6.45) is 0. The van der Waals surface area contributed by atoms with Gasteiger partial charge in [-0.25, -0.2) is 9.59 Å². The van der Waals surface area contributed by atoms with Crippen molar-refractivity contribution in [2.24, 2.45) is 0 Å². The van der Waals surface area contributed by atoms with E-state index in [-0.39, 0.29) is 12.4 Å². The van der Waals surface area contributed by atoms with E-state index in [1.807, 2.05) is 43.3 Å². The van der Waals surface area contributed by atoms with Crippen LogP contribution in [0.5, 0.6) is 23.0 Å². The molecule has 4 heterocycles. The quantitative estimate of drug-likeness (QED) is 0.292. The highest BCUT2D eigenvalue weighted by atomic mass is 16.7. The van der Waals surface area contributed by atoms with Gasteiger partial charge in [0.25, 0.3) is 0 Å². The Morgan fingerprint density at radius 3 is 2.62 bits per heavy atom. The number of hydrogen-bond acceptors (Lipinski definition) is 9. The van der Waals surface area contributed by atoms with Gasteiger partial charge in [0.05, 0.1) is 17.7 Å². The molecule has 5 aromatic rings. The number of ether oxygens (including phenoxy) is 4. The average molecular weight is 526 g/mol. The second kappa shape index (κ2) is 9.21. The van der Waals surface area contributed by atoms with E-state index in [2.05, 4.69) is 4.90 Å². The van der Waals surface area contributed by atoms with Gasteiger partial charge in [0.15, 0.2) is 22.8 Å². The third-order valence-electron chi connectivity index (χ3n) is 6.91. The molecule has 2 aromatic heterocycles. The Hall–Kier alpha value is -4.76. The van der Waals surface area contributed by atoms with E-state index in [0.29, 0.717) is 65.4 Å². The molecular weight excluding hydrogens is 502 g/mol. The molecular formula is C30H23NO8. The van der Waals surface area contributed by atoms with Crippen LogP contribution in [0.4, 0.5) is 0 Å². The Morgan fingerprint density at radius 2 is 1.72 bits per heavy atom. The van der Waals surface area contributed by atoms with E-state index in [0.717, 1.165) is 22.6 Å². The van der Waals surface area contributed by atoms with Crippen LogP contribution in [0.1, 0.15) is 18.1 Å². The molecule has 0 bridgehead atoms. The van der Waals surface area contributed by atoms with Crippen LogP contribution in [0.15, 0.2) is 79.1 Å². The zero-order valence-electron chi connectivity index (χ0n) is 21.0. The highest BCUT2D eigenvalue weighted by Gasteiger charge is 2.25. The number of nitrogens with zero attached hydrogens (tertiary/aromatic N) is 1. The van der Waals surface area contributed by atoms with Gasteiger partial charge in [-0.05, 0) is 48.9 Å². The zero-order chi connectivity index (χ0) is 26.5. The minimum absolute atomic E-state index is 0.218. The van der Waals surface area contributed by atoms with E-state index in [4.69, 9.17) is 27.8 Å². The predicted molar refractivity (Wildman–Crippen MR) is 142 cm³/mol. The zero-order valence-corrected chi connectivity index (χ0v) is 21.0. The van der Waals surface area contributed by atoms with Gasteiger partial charge >= 0.3 is 11.3 Å². The smallest absolute Gasteiger partial charge is 0.344 e. The molecule has 3 aromatic carbocycles. The molecule has 2 aliphatic heterocycles. The molecule has 9 nitrogen and oxygen atoms in total. The van der Waals surface area contributed by atoms with E-state index < -0.39 is 11.3 Å². The Morgan fingerprint density at radius 1 is 0.846 bits per heavy atom. The molecule has 0 spiro atoms. The SMILES string of the molecule is CCOc1cccc2cc(-c3cc(=O)oc4c5c(ccc34)OCN(Cc3ccc4c(c3)OCO4)C5)c(=O)oc12. The predicted octanol–water partition coefficient (Wildman–Crippen LogP) is 5.05. The van der Waals surface area contributed by atoms with Crippen molar-refractivity contribution in [1.29, 1.82) is 0 Å². The fourth-order valence-electron chi connectivity index (χ4n) is 5.18. The number of rotatable bonds is 5. The van der Waals surface area contributed by atoms with Crippen molar-refractivity contribution in [2.75, 3.05) is 20.1 Å². The summed E-state index contributed by atoms with van der Waals surface area (Å²) < 4.78 is 33.9. The highest BCUT2D eigenvalue weighted by molar-refractivity contribution is 5.97. The first-order chi connectivity index (χ1) is 19.1. The van der Waals surface area contributed by atoms with E-state index in [1.165, 1.54) is 6.07 Å². The van der Waals surface area contributed by atoms with Crippen LogP contribution in [0.2, 0.25) is 0 Å². The molecule has 0 fully saturated rings. The molecule has 0 radical (unpaired) electrons. The summed E-state index contributed by atoms with van der Waals surface area (Å²) in [7, 11) is 0. The third kappa shape index (κ3) is 4.07. The van der Waals surface area contributed by atoms with Crippen LogP contribution in [0, 0.1) is 0 Å². The second-order valence-electron chi connectivity index (χ2n) is 9.40. The second-order valence-corrected chi connectivity index (χ2v) is 9.40. The van der Waals surface area contributed by atoms with Crippen molar-refractivity contribution in [3.8, 4) is 34.1 Å². The van der Waals surface area contributed by atoms with Gasteiger partial charge in [0.2, 0.25) is 6.79 Å². The van der Waals surface area contributed by atoms with Gasteiger partial charge in [-0.1, -0.05) is 18.2 Å². The minimum atomic E-state index is -0.569. The summed E-state index contributed by atoms with van der Waals surface area (Å²) in [5.74, 6) is 2.57. The lowest BCUT2D eigenvalue weighted by atomic mass is 9.99. The standard InChI is InChI=1S/C30H23NO8/c1-2-34-25-5-3-4-18-11-21(30(33)39-28(18)25)20-12-27(32)38-29-19(20)7-9-23-22(29)14-31(15-35-23)13-17-6-8-24-26(10-17)37-16-36-24/h3-12H,2,13-16H2,1H3. The maximum atomic E-state index is 13.2. The average Bonchev–Trinajstić information content (AvgIpc) is 3.41. The highest BCUT2D eigenvalue weighted by Crippen LogP contribution is 2.38. The van der Waals surface area contributed by atoms with Crippen molar-refractivity contribution in [1.82, 2.24) is 4.90 Å². The first-order valence-electron chi connectivity index (χ1n) is 12.6. The molecule has 0 N–H and O–H groups in total. The fraction of sp³-hybridized carbons (Fsp3) is 0.200. The van der Waals surface area contributed by atoms with Crippen molar-refractivity contribution < 1.29 is 27.8 Å². The molecule has 0 aliphatic carbocycles. The van der Waals surface area contributed by atoms with E-state index in [1.54, 1.807) is 18.2 Å². The molecule has 2 aliphatic rings. The first kappa shape index (κ1) is 23.4. The summed E-state index contributed by atoms with van der Waals surface area (Å²) in [5.41, 5.74) is 2.09. The normalized spacial score (nSPS) is 14.4. The molecule has 0 amide bonds. The lowest BCUT2D eigenvalue weighted by molar-refractivity contribution is 0.0889. The van der Waals surface area contributed by atoms with Gasteiger partial charge in [-0.15, -0.1) is 0 Å². The Balaban J connectivity index is 1.29. The number of hydrogen-bond donors (Lipinski definition) is 0. The van der Waals surface area contributed by atoms with Crippen LogP contribution in [0.25, 0.3) is 33.1 Å². The van der Waals surface area contributed by atoms with Gasteiger partial charge in [0, 0.05) is 35.5 Å². The Bertz CT molecular complexity index is 1870. The van der Waals surface area contributed by atoms with Crippen molar-refractivity contribution in [3.63, 3.8) is 0 Å². The van der Waals surface area contributed by atoms with Crippen LogP contribution < -0.4 is 30.2 Å². The Labute approximate surface area is 221 Å². The van der Waals surface area contributed by atoms with Gasteiger partial charge in [0.1, 0.15) is 18.1 Å². The van der Waals surface area contributed by atoms with Crippen LogP contribution in [-0.4, -0.2) is 25.0 Å². The summed E-state index contributed by atoms with van der Waals surface area (Å²) in [6, 6.07) is 17.9. The molecule has 0 unspecified atom stereocenters. The van der Waals surface area contributed by atoms with Crippen LogP contribution in [-0.2, 0) is 13.1 Å². The van der Waals surface area contributed by atoms with Crippen molar-refractivity contribution >= 4 is 21.9 Å². The van der Waals surface area contributed by atoms with E-state index >= 15 is 0 Å². The maximum Gasteiger partial charge on any atom is 0.344 e. The fourth-order valence-corrected chi connectivity index (χ4v) is 5.18. The summed E-state index contributed by atoms with van der Waals surface area (Å²) >= 11 is 0. The maximum absolute atomic E-state index is 13.2. The van der Waals surface area contributed by atoms with Crippen molar-refractivity contribution in [2.45, 2.75) is 20.0 Å². The van der Waals surface area contributed by atoms with Crippen LogP contribution >= 0.6 is 0 Å². The van der Waals surface area contributed by atoms with Crippen LogP contribution in [0.3, 0.4) is 0 Å². The molecule has 0 saturated carbocycles. The molecule has 196 valence electrons. The molecule has 39 heavy (non-hydrogen) atoms. The number of benzene rings is 3. The Kier molecular flexibility index (Phi) is 5.52. The topological polar surface area (TPSA) is 101 Å². The lowest BCUT2D eigenvalue weighted by Crippen LogP contribution is -2.31. The lowest BCUT2D eigenvalue weighted by Gasteiger charge is -2.29. The third-order valence-corrected chi connectivity index (χ3v) is 6.91. The van der Waals surface area contributed by atoms with Gasteiger partial charge in [-0.3, -0.25) is 4.90 Å². The summed E-state index contributed by atoms with van der Waals surface area (Å²) in [5, 5.41) is 1.31. The first-order valence-corrected chi connectivity index (χ1v) is 12.6. The number of fused-ring (bicyclic) bond motifs is 5. The monoisotopic (exact) mass is 525 g/mol. The van der Waals surface area contributed by atoms with Gasteiger partial charge < -0.3 is 27.8 Å².